The van der Waals surface area contributed by atoms with Crippen LogP contribution in [-0.2, 0) is 0 Å². The first-order valence-corrected chi connectivity index (χ1v) is 4.88. The van der Waals surface area contributed by atoms with Crippen LogP contribution in [0.2, 0.25) is 0 Å². The number of halogens is 2. The third kappa shape index (κ3) is 2.47. The molecular formula is C13H8F2O2. The van der Waals surface area contributed by atoms with Gasteiger partial charge in [0.15, 0.2) is 17.9 Å². The Hall–Kier alpha value is -2.23. The molecule has 0 saturated carbocycles. The van der Waals surface area contributed by atoms with Crippen LogP contribution in [0.5, 0.6) is 11.5 Å². The van der Waals surface area contributed by atoms with E-state index in [4.69, 9.17) is 4.74 Å². The van der Waals surface area contributed by atoms with Gasteiger partial charge in [-0.2, -0.15) is 0 Å². The molecule has 0 N–H and O–H groups in total. The van der Waals surface area contributed by atoms with E-state index >= 15 is 0 Å². The van der Waals surface area contributed by atoms with Gasteiger partial charge in [0.25, 0.3) is 0 Å². The minimum absolute atomic E-state index is 0.187. The summed E-state index contributed by atoms with van der Waals surface area (Å²) in [7, 11) is 0. The van der Waals surface area contributed by atoms with Crippen LogP contribution in [0.25, 0.3) is 0 Å². The van der Waals surface area contributed by atoms with Crippen molar-refractivity contribution in [3.63, 3.8) is 0 Å². The van der Waals surface area contributed by atoms with E-state index in [-0.39, 0.29) is 17.1 Å². The minimum Gasteiger partial charge on any atom is -0.453 e. The maximum atomic E-state index is 13.3. The van der Waals surface area contributed by atoms with Gasteiger partial charge < -0.3 is 4.74 Å². The van der Waals surface area contributed by atoms with Crippen LogP contribution in [0.1, 0.15) is 10.4 Å². The number of aldehydes is 1. The fourth-order valence-corrected chi connectivity index (χ4v) is 1.34. The molecule has 0 atom stereocenters. The normalized spacial score (nSPS) is 10.0. The molecule has 0 saturated heterocycles. The van der Waals surface area contributed by atoms with Crippen LogP contribution in [0, 0.1) is 11.6 Å². The molecule has 2 rings (SSSR count). The lowest BCUT2D eigenvalue weighted by Crippen LogP contribution is -1.93. The molecule has 0 aromatic heterocycles. The van der Waals surface area contributed by atoms with E-state index in [1.165, 1.54) is 12.1 Å². The summed E-state index contributed by atoms with van der Waals surface area (Å²) in [5.41, 5.74) is 0.274. The SMILES string of the molecule is O=Cc1ccccc1Oc1cc(F)ccc1F. The number of para-hydroxylation sites is 1. The molecule has 0 aliphatic heterocycles. The van der Waals surface area contributed by atoms with Crippen molar-refractivity contribution in [3.05, 3.63) is 59.7 Å². The summed E-state index contributed by atoms with van der Waals surface area (Å²) < 4.78 is 31.4. The van der Waals surface area contributed by atoms with Crippen LogP contribution >= 0.6 is 0 Å². The lowest BCUT2D eigenvalue weighted by atomic mass is 10.2. The molecule has 0 aliphatic carbocycles. The van der Waals surface area contributed by atoms with E-state index in [1.54, 1.807) is 12.1 Å². The van der Waals surface area contributed by atoms with Gasteiger partial charge in [-0.15, -0.1) is 0 Å². The molecule has 4 heteroatoms. The third-order valence-electron chi connectivity index (χ3n) is 2.16. The zero-order valence-corrected chi connectivity index (χ0v) is 8.69. The highest BCUT2D eigenvalue weighted by Crippen LogP contribution is 2.27. The fraction of sp³-hybridized carbons (Fsp3) is 0. The Morgan fingerprint density at radius 3 is 2.53 bits per heavy atom. The summed E-state index contributed by atoms with van der Waals surface area (Å²) >= 11 is 0. The lowest BCUT2D eigenvalue weighted by molar-refractivity contribution is 0.112. The topological polar surface area (TPSA) is 26.3 Å². The highest BCUT2D eigenvalue weighted by atomic mass is 19.1. The van der Waals surface area contributed by atoms with Gasteiger partial charge in [0.1, 0.15) is 11.6 Å². The number of hydrogen-bond donors (Lipinski definition) is 0. The van der Waals surface area contributed by atoms with Crippen molar-refractivity contribution < 1.29 is 18.3 Å². The molecule has 0 spiro atoms. The van der Waals surface area contributed by atoms with Gasteiger partial charge in [-0.25, -0.2) is 8.78 Å². The quantitative estimate of drug-likeness (QED) is 0.759. The molecule has 0 radical (unpaired) electrons. The largest absolute Gasteiger partial charge is 0.453 e. The van der Waals surface area contributed by atoms with Crippen LogP contribution < -0.4 is 4.74 Å². The van der Waals surface area contributed by atoms with Crippen molar-refractivity contribution in [2.24, 2.45) is 0 Å². The second-order valence-electron chi connectivity index (χ2n) is 3.33. The van der Waals surface area contributed by atoms with Crippen molar-refractivity contribution in [1.82, 2.24) is 0 Å². The van der Waals surface area contributed by atoms with Crippen molar-refractivity contribution in [3.8, 4) is 11.5 Å². The van der Waals surface area contributed by atoms with Gasteiger partial charge >= 0.3 is 0 Å². The van der Waals surface area contributed by atoms with Crippen molar-refractivity contribution in [2.45, 2.75) is 0 Å². The molecule has 0 aliphatic rings. The van der Waals surface area contributed by atoms with Gasteiger partial charge in [0, 0.05) is 6.07 Å². The predicted molar refractivity (Wildman–Crippen MR) is 58.3 cm³/mol. The van der Waals surface area contributed by atoms with E-state index in [1.807, 2.05) is 0 Å². The van der Waals surface area contributed by atoms with Crippen molar-refractivity contribution in [2.75, 3.05) is 0 Å². The molecule has 86 valence electrons. The van der Waals surface area contributed by atoms with Crippen LogP contribution in [0.4, 0.5) is 8.78 Å². The van der Waals surface area contributed by atoms with Gasteiger partial charge in [-0.05, 0) is 24.3 Å². The van der Waals surface area contributed by atoms with E-state index in [0.717, 1.165) is 18.2 Å². The summed E-state index contributed by atoms with van der Waals surface area (Å²) in [6.07, 6.45) is 0.590. The Balaban J connectivity index is 2.37. The average Bonchev–Trinajstić information content (AvgIpc) is 2.34. The summed E-state index contributed by atoms with van der Waals surface area (Å²) in [5, 5.41) is 0. The maximum Gasteiger partial charge on any atom is 0.166 e. The number of rotatable bonds is 3. The molecule has 0 fully saturated rings. The standard InChI is InChI=1S/C13H8F2O2/c14-10-5-6-11(15)13(7-10)17-12-4-2-1-3-9(12)8-16/h1-8H. The summed E-state index contributed by atoms with van der Waals surface area (Å²) in [6, 6.07) is 9.21. The number of carbonyl (C=O) groups excluding carboxylic acids is 1. The molecule has 0 bridgehead atoms. The number of ether oxygens (including phenoxy) is 1. The fourth-order valence-electron chi connectivity index (χ4n) is 1.34. The molecule has 0 unspecified atom stereocenters. The second kappa shape index (κ2) is 4.74. The molecule has 0 amide bonds. The second-order valence-corrected chi connectivity index (χ2v) is 3.33. The Morgan fingerprint density at radius 1 is 1.00 bits per heavy atom. The maximum absolute atomic E-state index is 13.3. The highest BCUT2D eigenvalue weighted by Gasteiger charge is 2.08. The third-order valence-corrected chi connectivity index (χ3v) is 2.16. The highest BCUT2D eigenvalue weighted by molar-refractivity contribution is 5.79. The number of hydrogen-bond acceptors (Lipinski definition) is 2. The summed E-state index contributed by atoms with van der Waals surface area (Å²) in [5.74, 6) is -1.36. The number of carbonyl (C=O) groups is 1. The minimum atomic E-state index is -0.688. The first-order valence-electron chi connectivity index (χ1n) is 4.88. The first-order chi connectivity index (χ1) is 8.20. The first kappa shape index (κ1) is 11.3. The van der Waals surface area contributed by atoms with Crippen LogP contribution in [0.15, 0.2) is 42.5 Å². The molecular weight excluding hydrogens is 226 g/mol. The molecule has 2 aromatic carbocycles. The Labute approximate surface area is 96.5 Å². The van der Waals surface area contributed by atoms with Gasteiger partial charge in [-0.3, -0.25) is 4.79 Å². The monoisotopic (exact) mass is 234 g/mol. The Bertz CT molecular complexity index is 553. The zero-order chi connectivity index (χ0) is 12.3. The predicted octanol–water partition coefficient (Wildman–Crippen LogP) is 3.57. The molecule has 2 aromatic rings. The Kier molecular flexibility index (Phi) is 3.14. The van der Waals surface area contributed by atoms with Crippen molar-refractivity contribution >= 4 is 6.29 Å². The summed E-state index contributed by atoms with van der Waals surface area (Å²) in [4.78, 5) is 10.7. The van der Waals surface area contributed by atoms with E-state index in [2.05, 4.69) is 0 Å². The molecule has 2 nitrogen and oxygen atoms in total. The van der Waals surface area contributed by atoms with Gasteiger partial charge in [0.05, 0.1) is 5.56 Å². The zero-order valence-electron chi connectivity index (χ0n) is 8.69. The average molecular weight is 234 g/mol. The Morgan fingerprint density at radius 2 is 1.76 bits per heavy atom. The van der Waals surface area contributed by atoms with E-state index in [9.17, 15) is 13.6 Å². The van der Waals surface area contributed by atoms with Crippen molar-refractivity contribution in [1.29, 1.82) is 0 Å². The van der Waals surface area contributed by atoms with Crippen LogP contribution in [0.3, 0.4) is 0 Å². The molecule has 17 heavy (non-hydrogen) atoms. The lowest BCUT2D eigenvalue weighted by Gasteiger charge is -2.08. The van der Waals surface area contributed by atoms with Gasteiger partial charge in [-0.1, -0.05) is 12.1 Å². The smallest absolute Gasteiger partial charge is 0.166 e. The van der Waals surface area contributed by atoms with E-state index < -0.39 is 11.6 Å². The summed E-state index contributed by atoms with van der Waals surface area (Å²) in [6.45, 7) is 0. The van der Waals surface area contributed by atoms with Gasteiger partial charge in [0.2, 0.25) is 0 Å². The van der Waals surface area contributed by atoms with Crippen LogP contribution in [-0.4, -0.2) is 6.29 Å². The number of benzene rings is 2. The van der Waals surface area contributed by atoms with E-state index in [0.29, 0.717) is 6.29 Å². The molecule has 0 heterocycles.